The van der Waals surface area contributed by atoms with Crippen LogP contribution in [-0.2, 0) is 12.1 Å². The topological polar surface area (TPSA) is 76.5 Å². The Balaban J connectivity index is 1.29. The molecule has 1 aliphatic heterocycles. The molecule has 0 aliphatic carbocycles. The van der Waals surface area contributed by atoms with Gasteiger partial charge in [-0.1, -0.05) is 48.5 Å². The summed E-state index contributed by atoms with van der Waals surface area (Å²) >= 11 is 0. The van der Waals surface area contributed by atoms with Crippen molar-refractivity contribution in [3.05, 3.63) is 96.6 Å². The van der Waals surface area contributed by atoms with Gasteiger partial charge in [-0.2, -0.15) is 5.10 Å². The molecular formula is C28H30N4O2. The fraction of sp³-hybridized carbons (Fsp3) is 0.250. The van der Waals surface area contributed by atoms with Crippen LogP contribution in [0.25, 0.3) is 11.3 Å². The Morgan fingerprint density at radius 2 is 1.47 bits per heavy atom. The number of para-hydroxylation sites is 1. The highest BCUT2D eigenvalue weighted by molar-refractivity contribution is 5.63. The van der Waals surface area contributed by atoms with Gasteiger partial charge in [0.15, 0.2) is 0 Å². The van der Waals surface area contributed by atoms with E-state index in [1.807, 2.05) is 71.4 Å². The van der Waals surface area contributed by atoms with Crippen LogP contribution in [-0.4, -0.2) is 39.5 Å². The average Bonchev–Trinajstić information content (AvgIpc) is 3.28. The first kappa shape index (κ1) is 22.2. The number of aromatic nitrogens is 2. The molecule has 3 N–H and O–H groups in total. The smallest absolute Gasteiger partial charge is 0.127 e. The molecule has 174 valence electrons. The van der Waals surface area contributed by atoms with Crippen molar-refractivity contribution in [1.82, 2.24) is 14.7 Å². The quantitative estimate of drug-likeness (QED) is 0.415. The lowest BCUT2D eigenvalue weighted by atomic mass is 9.88. The molecule has 0 radical (unpaired) electrons. The first-order chi connectivity index (χ1) is 16.6. The second kappa shape index (κ2) is 9.71. The zero-order chi connectivity index (χ0) is 23.4. The van der Waals surface area contributed by atoms with Crippen LogP contribution in [0.2, 0.25) is 0 Å². The maximum absolute atomic E-state index is 10.4. The van der Waals surface area contributed by atoms with Gasteiger partial charge in [0, 0.05) is 31.3 Å². The van der Waals surface area contributed by atoms with E-state index in [1.165, 1.54) is 5.56 Å². The molecule has 0 saturated carbocycles. The third-order valence-corrected chi connectivity index (χ3v) is 6.65. The fourth-order valence-electron chi connectivity index (χ4n) is 4.64. The lowest BCUT2D eigenvalue weighted by Gasteiger charge is -2.41. The number of nitrogen functional groups attached to an aromatic ring is 1. The molecule has 1 fully saturated rings. The second-order valence-electron chi connectivity index (χ2n) is 8.95. The Kier molecular flexibility index (Phi) is 6.34. The number of benzene rings is 3. The monoisotopic (exact) mass is 454 g/mol. The molecule has 1 saturated heterocycles. The van der Waals surface area contributed by atoms with E-state index in [1.54, 1.807) is 0 Å². The van der Waals surface area contributed by atoms with E-state index in [4.69, 9.17) is 15.6 Å². The zero-order valence-electron chi connectivity index (χ0n) is 19.2. The highest BCUT2D eigenvalue weighted by Gasteiger charge is 2.38. The van der Waals surface area contributed by atoms with Gasteiger partial charge in [0.2, 0.25) is 0 Å². The highest BCUT2D eigenvalue weighted by Crippen LogP contribution is 2.34. The fourth-order valence-corrected chi connectivity index (χ4v) is 4.64. The largest absolute Gasteiger partial charge is 0.457 e. The predicted molar refractivity (Wildman–Crippen MR) is 135 cm³/mol. The number of nitrogens with zero attached hydrogens (tertiary/aromatic N) is 3. The molecule has 2 heterocycles. The van der Waals surface area contributed by atoms with E-state index < -0.39 is 5.54 Å². The lowest BCUT2D eigenvalue weighted by Crippen LogP contribution is -2.49. The Morgan fingerprint density at radius 1 is 0.853 bits per heavy atom. The van der Waals surface area contributed by atoms with Crippen molar-refractivity contribution in [2.24, 2.45) is 0 Å². The number of nitrogens with two attached hydrogens (primary N) is 1. The minimum absolute atomic E-state index is 0.0152. The number of likely N-dealkylation sites (tertiary alicyclic amines) is 1. The van der Waals surface area contributed by atoms with E-state index in [9.17, 15) is 5.11 Å². The molecule has 4 aromatic rings. The first-order valence-corrected chi connectivity index (χ1v) is 11.7. The van der Waals surface area contributed by atoms with Crippen LogP contribution in [0.15, 0.2) is 91.0 Å². The van der Waals surface area contributed by atoms with Gasteiger partial charge in [-0.3, -0.25) is 4.90 Å². The number of ether oxygens (including phenoxy) is 1. The van der Waals surface area contributed by atoms with Gasteiger partial charge >= 0.3 is 0 Å². The average molecular weight is 455 g/mol. The van der Waals surface area contributed by atoms with Crippen LogP contribution < -0.4 is 10.5 Å². The van der Waals surface area contributed by atoms with E-state index in [0.717, 1.165) is 55.2 Å². The van der Waals surface area contributed by atoms with Gasteiger partial charge in [0.25, 0.3) is 0 Å². The molecule has 1 aliphatic rings. The highest BCUT2D eigenvalue weighted by atomic mass is 16.5. The Hall–Kier alpha value is -3.61. The molecule has 0 unspecified atom stereocenters. The number of hydrogen-bond acceptors (Lipinski definition) is 5. The number of piperidine rings is 1. The summed E-state index contributed by atoms with van der Waals surface area (Å²) in [5.74, 6) is 2.14. The molecule has 5 rings (SSSR count). The molecular weight excluding hydrogens is 424 g/mol. The number of aliphatic hydroxyl groups is 1. The van der Waals surface area contributed by atoms with E-state index in [0.29, 0.717) is 5.82 Å². The van der Waals surface area contributed by atoms with E-state index in [2.05, 4.69) is 29.2 Å². The Bertz CT molecular complexity index is 1200. The van der Waals surface area contributed by atoms with E-state index >= 15 is 0 Å². The van der Waals surface area contributed by atoms with Gasteiger partial charge < -0.3 is 15.6 Å². The van der Waals surface area contributed by atoms with Gasteiger partial charge in [-0.15, -0.1) is 0 Å². The van der Waals surface area contributed by atoms with Crippen molar-refractivity contribution in [2.75, 3.05) is 25.4 Å². The summed E-state index contributed by atoms with van der Waals surface area (Å²) < 4.78 is 7.74. The third kappa shape index (κ3) is 4.69. The normalized spacial score (nSPS) is 15.8. The first-order valence-electron chi connectivity index (χ1n) is 11.7. The molecule has 34 heavy (non-hydrogen) atoms. The van der Waals surface area contributed by atoms with Gasteiger partial charge in [-0.05, 0) is 54.8 Å². The lowest BCUT2D eigenvalue weighted by molar-refractivity contribution is 0.0424. The molecule has 6 heteroatoms. The molecule has 0 atom stereocenters. The van der Waals surface area contributed by atoms with E-state index in [-0.39, 0.29) is 6.61 Å². The summed E-state index contributed by atoms with van der Waals surface area (Å²) in [4.78, 5) is 2.43. The molecule has 0 amide bonds. The van der Waals surface area contributed by atoms with Crippen LogP contribution >= 0.6 is 0 Å². The summed E-state index contributed by atoms with van der Waals surface area (Å²) in [6.07, 6.45) is 1.59. The maximum Gasteiger partial charge on any atom is 0.127 e. The number of rotatable bonds is 7. The number of hydrogen-bond donors (Lipinski definition) is 2. The Morgan fingerprint density at radius 3 is 2.12 bits per heavy atom. The minimum Gasteiger partial charge on any atom is -0.457 e. The van der Waals surface area contributed by atoms with Crippen molar-refractivity contribution in [3.8, 4) is 22.8 Å². The van der Waals surface area contributed by atoms with Crippen molar-refractivity contribution in [3.63, 3.8) is 0 Å². The zero-order valence-corrected chi connectivity index (χ0v) is 19.2. The van der Waals surface area contributed by atoms with Crippen molar-refractivity contribution < 1.29 is 9.84 Å². The van der Waals surface area contributed by atoms with Gasteiger partial charge in [-0.25, -0.2) is 4.68 Å². The number of aliphatic hydroxyl groups excluding tert-OH is 1. The molecule has 3 aromatic carbocycles. The predicted octanol–water partition coefficient (Wildman–Crippen LogP) is 4.91. The maximum atomic E-state index is 10.4. The van der Waals surface area contributed by atoms with Crippen molar-refractivity contribution >= 4 is 5.82 Å². The van der Waals surface area contributed by atoms with Gasteiger partial charge in [0.1, 0.15) is 17.3 Å². The molecule has 0 bridgehead atoms. The molecule has 1 aromatic heterocycles. The van der Waals surface area contributed by atoms with Crippen LogP contribution in [0.3, 0.4) is 0 Å². The van der Waals surface area contributed by atoms with Crippen molar-refractivity contribution in [1.29, 1.82) is 0 Å². The van der Waals surface area contributed by atoms with Crippen LogP contribution in [0.1, 0.15) is 18.4 Å². The summed E-state index contributed by atoms with van der Waals surface area (Å²) in [6, 6.07) is 29.9. The third-order valence-electron chi connectivity index (χ3n) is 6.65. The van der Waals surface area contributed by atoms with Gasteiger partial charge in [0.05, 0.1) is 17.8 Å². The standard InChI is InChI=1S/C28H30N4O2/c29-27-19-26(23-11-13-25(14-12-23)34-24-9-5-2-6-10-24)30-32(27)28(21-33)15-17-31(18-16-28)20-22-7-3-1-4-8-22/h1-14,19,33H,15-18,20-21,29H2. The SMILES string of the molecule is Nc1cc(-c2ccc(Oc3ccccc3)cc2)nn1C1(CO)CCN(Cc2ccccc2)CC1. The summed E-state index contributed by atoms with van der Waals surface area (Å²) in [6.45, 7) is 2.70. The Labute approximate surface area is 200 Å². The number of anilines is 1. The molecule has 0 spiro atoms. The summed E-state index contributed by atoms with van der Waals surface area (Å²) in [5, 5.41) is 15.2. The van der Waals surface area contributed by atoms with Crippen LogP contribution in [0.4, 0.5) is 5.82 Å². The minimum atomic E-state index is -0.480. The summed E-state index contributed by atoms with van der Waals surface area (Å²) in [5.41, 5.74) is 8.99. The second-order valence-corrected chi connectivity index (χ2v) is 8.95. The summed E-state index contributed by atoms with van der Waals surface area (Å²) in [7, 11) is 0. The van der Waals surface area contributed by atoms with Crippen molar-refractivity contribution in [2.45, 2.75) is 24.9 Å². The van der Waals surface area contributed by atoms with Crippen LogP contribution in [0.5, 0.6) is 11.5 Å². The molecule has 6 nitrogen and oxygen atoms in total. The van der Waals surface area contributed by atoms with Crippen LogP contribution in [0, 0.1) is 0 Å².